The van der Waals surface area contributed by atoms with E-state index in [9.17, 15) is 9.18 Å². The molecule has 0 radical (unpaired) electrons. The Morgan fingerprint density at radius 3 is 2.79 bits per heavy atom. The summed E-state index contributed by atoms with van der Waals surface area (Å²) < 4.78 is 21.9. The fourth-order valence-electron chi connectivity index (χ4n) is 2.91. The van der Waals surface area contributed by atoms with Gasteiger partial charge in [0.25, 0.3) is 5.56 Å². The van der Waals surface area contributed by atoms with Crippen molar-refractivity contribution in [1.29, 1.82) is 0 Å². The van der Waals surface area contributed by atoms with Crippen molar-refractivity contribution in [2.24, 2.45) is 7.05 Å². The zero-order chi connectivity index (χ0) is 19.7. The van der Waals surface area contributed by atoms with Gasteiger partial charge in [-0.05, 0) is 29.8 Å². The van der Waals surface area contributed by atoms with Crippen LogP contribution in [0.1, 0.15) is 5.56 Å². The summed E-state index contributed by atoms with van der Waals surface area (Å²) in [6.07, 6.45) is 1.52. The van der Waals surface area contributed by atoms with Crippen LogP contribution in [0.4, 0.5) is 4.39 Å². The van der Waals surface area contributed by atoms with Gasteiger partial charge < -0.3 is 4.74 Å². The maximum atomic E-state index is 13.5. The van der Waals surface area contributed by atoms with Crippen LogP contribution in [0.2, 0.25) is 0 Å². The van der Waals surface area contributed by atoms with E-state index in [0.29, 0.717) is 33.4 Å². The highest BCUT2D eigenvalue weighted by atomic mass is 32.2. The van der Waals surface area contributed by atoms with Gasteiger partial charge in [-0.2, -0.15) is 5.10 Å². The predicted octanol–water partition coefficient (Wildman–Crippen LogP) is 3.56. The van der Waals surface area contributed by atoms with Crippen molar-refractivity contribution < 1.29 is 9.13 Å². The largest absolute Gasteiger partial charge is 0.497 e. The maximum absolute atomic E-state index is 13.5. The molecule has 0 aliphatic heterocycles. The molecule has 6 nitrogen and oxygen atoms in total. The number of benzene rings is 2. The van der Waals surface area contributed by atoms with Crippen LogP contribution in [0.15, 0.2) is 64.7 Å². The third-order valence-electron chi connectivity index (χ3n) is 4.30. The van der Waals surface area contributed by atoms with Gasteiger partial charge in [0.05, 0.1) is 19.0 Å². The van der Waals surface area contributed by atoms with Gasteiger partial charge in [-0.3, -0.25) is 14.0 Å². The van der Waals surface area contributed by atoms with Crippen molar-refractivity contribution in [1.82, 2.24) is 19.3 Å². The lowest BCUT2D eigenvalue weighted by Gasteiger charge is -2.13. The third-order valence-corrected chi connectivity index (χ3v) is 5.31. The minimum Gasteiger partial charge on any atom is -0.497 e. The zero-order valence-electron chi connectivity index (χ0n) is 15.3. The van der Waals surface area contributed by atoms with E-state index in [4.69, 9.17) is 4.74 Å². The first kappa shape index (κ1) is 18.2. The SMILES string of the molecule is COc1cccc(-n2c(SCc3cccc(F)c3)nc3c(cnn3C)c2=O)c1. The molecule has 0 unspecified atom stereocenters. The number of hydrogen-bond donors (Lipinski definition) is 0. The van der Waals surface area contributed by atoms with Gasteiger partial charge in [0, 0.05) is 18.9 Å². The van der Waals surface area contributed by atoms with Crippen molar-refractivity contribution >= 4 is 22.8 Å². The molecule has 142 valence electrons. The van der Waals surface area contributed by atoms with Crippen molar-refractivity contribution in [3.63, 3.8) is 0 Å². The first-order chi connectivity index (χ1) is 13.6. The summed E-state index contributed by atoms with van der Waals surface area (Å²) in [5, 5.41) is 5.08. The molecule has 2 aromatic carbocycles. The highest BCUT2D eigenvalue weighted by Crippen LogP contribution is 2.26. The van der Waals surface area contributed by atoms with Crippen LogP contribution in [-0.2, 0) is 12.8 Å². The van der Waals surface area contributed by atoms with Crippen LogP contribution < -0.4 is 10.3 Å². The van der Waals surface area contributed by atoms with Gasteiger partial charge in [-0.25, -0.2) is 9.37 Å². The Balaban J connectivity index is 1.85. The van der Waals surface area contributed by atoms with Gasteiger partial charge in [0.15, 0.2) is 10.8 Å². The van der Waals surface area contributed by atoms with Crippen molar-refractivity contribution in [3.8, 4) is 11.4 Å². The molecule has 0 N–H and O–H groups in total. The van der Waals surface area contributed by atoms with Gasteiger partial charge >= 0.3 is 0 Å². The lowest BCUT2D eigenvalue weighted by Crippen LogP contribution is -2.21. The van der Waals surface area contributed by atoms with Crippen molar-refractivity contribution in [2.45, 2.75) is 10.9 Å². The molecular formula is C20H17FN4O2S. The van der Waals surface area contributed by atoms with Crippen molar-refractivity contribution in [3.05, 3.63) is 76.5 Å². The number of thioether (sulfide) groups is 1. The van der Waals surface area contributed by atoms with E-state index in [-0.39, 0.29) is 11.4 Å². The molecule has 2 heterocycles. The molecule has 4 rings (SSSR count). The monoisotopic (exact) mass is 396 g/mol. The van der Waals surface area contributed by atoms with Crippen LogP contribution in [0.5, 0.6) is 5.75 Å². The van der Waals surface area contributed by atoms with E-state index in [1.165, 1.54) is 34.7 Å². The minimum atomic E-state index is -0.293. The van der Waals surface area contributed by atoms with Gasteiger partial charge in [-0.15, -0.1) is 0 Å². The normalized spacial score (nSPS) is 11.1. The Morgan fingerprint density at radius 2 is 2.00 bits per heavy atom. The Kier molecular flexibility index (Phi) is 4.87. The van der Waals surface area contributed by atoms with E-state index in [2.05, 4.69) is 10.1 Å². The van der Waals surface area contributed by atoms with Crippen LogP contribution in [0.3, 0.4) is 0 Å². The van der Waals surface area contributed by atoms with Crippen LogP contribution in [0.25, 0.3) is 16.7 Å². The summed E-state index contributed by atoms with van der Waals surface area (Å²) >= 11 is 1.36. The molecule has 0 saturated heterocycles. The zero-order valence-corrected chi connectivity index (χ0v) is 16.1. The topological polar surface area (TPSA) is 61.9 Å². The van der Waals surface area contributed by atoms with E-state index in [0.717, 1.165) is 5.56 Å². The minimum absolute atomic E-state index is 0.215. The summed E-state index contributed by atoms with van der Waals surface area (Å²) in [5.41, 5.74) is 1.74. The first-order valence-corrected chi connectivity index (χ1v) is 9.52. The highest BCUT2D eigenvalue weighted by molar-refractivity contribution is 7.98. The summed E-state index contributed by atoms with van der Waals surface area (Å²) in [6, 6.07) is 13.6. The van der Waals surface area contributed by atoms with E-state index in [1.54, 1.807) is 31.0 Å². The first-order valence-electron chi connectivity index (χ1n) is 8.53. The number of hydrogen-bond acceptors (Lipinski definition) is 5. The van der Waals surface area contributed by atoms with Crippen LogP contribution in [0, 0.1) is 5.82 Å². The fraction of sp³-hybridized carbons (Fsp3) is 0.150. The lowest BCUT2D eigenvalue weighted by atomic mass is 10.2. The smallest absolute Gasteiger partial charge is 0.269 e. The maximum Gasteiger partial charge on any atom is 0.269 e. The van der Waals surface area contributed by atoms with Crippen LogP contribution in [-0.4, -0.2) is 26.4 Å². The molecule has 0 saturated carbocycles. The second-order valence-electron chi connectivity index (χ2n) is 6.16. The number of halogens is 1. The van der Waals surface area contributed by atoms with E-state index in [1.807, 2.05) is 24.3 Å². The number of aryl methyl sites for hydroxylation is 1. The van der Waals surface area contributed by atoms with Crippen molar-refractivity contribution in [2.75, 3.05) is 7.11 Å². The summed E-state index contributed by atoms with van der Waals surface area (Å²) in [5.74, 6) is 0.812. The number of fused-ring (bicyclic) bond motifs is 1. The number of rotatable bonds is 5. The molecule has 4 aromatic rings. The average Bonchev–Trinajstić information content (AvgIpc) is 3.07. The van der Waals surface area contributed by atoms with Gasteiger partial charge in [-0.1, -0.05) is 30.0 Å². The Morgan fingerprint density at radius 1 is 1.18 bits per heavy atom. The Bertz CT molecular complexity index is 1220. The van der Waals surface area contributed by atoms with Gasteiger partial charge in [0.1, 0.15) is 17.0 Å². The molecule has 8 heteroatoms. The predicted molar refractivity (Wildman–Crippen MR) is 107 cm³/mol. The molecular weight excluding hydrogens is 379 g/mol. The number of aromatic nitrogens is 4. The average molecular weight is 396 g/mol. The second-order valence-corrected chi connectivity index (χ2v) is 7.10. The fourth-order valence-corrected chi connectivity index (χ4v) is 3.85. The lowest BCUT2D eigenvalue weighted by molar-refractivity contribution is 0.414. The molecule has 2 aromatic heterocycles. The van der Waals surface area contributed by atoms with Gasteiger partial charge in [0.2, 0.25) is 0 Å². The molecule has 0 bridgehead atoms. The second kappa shape index (κ2) is 7.47. The molecule has 28 heavy (non-hydrogen) atoms. The number of ether oxygens (including phenoxy) is 1. The third kappa shape index (κ3) is 3.38. The molecule has 0 atom stereocenters. The van der Waals surface area contributed by atoms with E-state index < -0.39 is 0 Å². The van der Waals surface area contributed by atoms with Crippen LogP contribution >= 0.6 is 11.8 Å². The molecule has 0 fully saturated rings. The molecule has 0 aliphatic carbocycles. The van der Waals surface area contributed by atoms with E-state index >= 15 is 0 Å². The summed E-state index contributed by atoms with van der Waals surface area (Å²) in [4.78, 5) is 17.8. The number of nitrogens with zero attached hydrogens (tertiary/aromatic N) is 4. The summed E-state index contributed by atoms with van der Waals surface area (Å²) in [7, 11) is 3.32. The molecule has 0 spiro atoms. The standard InChI is InChI=1S/C20H17FN4O2S/c1-24-18-17(11-22-24)19(26)25(15-7-4-8-16(10-15)27-2)20(23-18)28-12-13-5-3-6-14(21)9-13/h3-11H,12H2,1-2H3. The number of methoxy groups -OCH3 is 1. The molecule has 0 aliphatic rings. The quantitative estimate of drug-likeness (QED) is 0.381. The summed E-state index contributed by atoms with van der Waals surface area (Å²) in [6.45, 7) is 0. The Labute approximate surface area is 164 Å². The highest BCUT2D eigenvalue weighted by Gasteiger charge is 2.16. The Hall–Kier alpha value is -3.13. The molecule has 0 amide bonds.